The molecule has 0 saturated heterocycles. The molecule has 2 atom stereocenters. The Balaban J connectivity index is 2.16. The second-order valence-electron chi connectivity index (χ2n) is 4.31. The van der Waals surface area contributed by atoms with Crippen molar-refractivity contribution >= 4 is 17.7 Å². The van der Waals surface area contributed by atoms with Gasteiger partial charge in [-0.05, 0) is 38.3 Å². The maximum absolute atomic E-state index is 11.8. The maximum Gasteiger partial charge on any atom is 0.237 e. The summed E-state index contributed by atoms with van der Waals surface area (Å²) < 4.78 is 5.15. The lowest BCUT2D eigenvalue weighted by Crippen LogP contribution is -2.42. The summed E-state index contributed by atoms with van der Waals surface area (Å²) in [5.41, 5.74) is 0. The van der Waals surface area contributed by atoms with Crippen molar-refractivity contribution in [2.45, 2.75) is 38.1 Å². The highest BCUT2D eigenvalue weighted by atomic mass is 32.2. The minimum Gasteiger partial charge on any atom is -0.467 e. The third-order valence-corrected chi connectivity index (χ3v) is 3.85. The molecule has 0 radical (unpaired) electrons. The Morgan fingerprint density at radius 1 is 1.50 bits per heavy atom. The van der Waals surface area contributed by atoms with Crippen molar-refractivity contribution in [3.8, 4) is 0 Å². The molecule has 1 aromatic rings. The van der Waals surface area contributed by atoms with Gasteiger partial charge in [0.15, 0.2) is 0 Å². The predicted octanol–water partition coefficient (Wildman–Crippen LogP) is 2.02. The molecule has 1 heterocycles. The molecular formula is C13H22N2O2S. The fourth-order valence-corrected chi connectivity index (χ4v) is 1.81. The molecule has 0 saturated carbocycles. The zero-order chi connectivity index (χ0) is 13.4. The molecule has 0 bridgehead atoms. The lowest BCUT2D eigenvalue weighted by molar-refractivity contribution is -0.123. The Kier molecular flexibility index (Phi) is 6.90. The van der Waals surface area contributed by atoms with E-state index in [1.807, 2.05) is 30.8 Å². The smallest absolute Gasteiger partial charge is 0.237 e. The van der Waals surface area contributed by atoms with Gasteiger partial charge in [0.2, 0.25) is 5.91 Å². The van der Waals surface area contributed by atoms with Crippen molar-refractivity contribution in [1.29, 1.82) is 0 Å². The van der Waals surface area contributed by atoms with E-state index in [0.717, 1.165) is 18.7 Å². The highest BCUT2D eigenvalue weighted by molar-refractivity contribution is 7.99. The van der Waals surface area contributed by atoms with Crippen molar-refractivity contribution in [1.82, 2.24) is 10.6 Å². The predicted molar refractivity (Wildman–Crippen MR) is 75.6 cm³/mol. The third kappa shape index (κ3) is 5.60. The van der Waals surface area contributed by atoms with E-state index in [2.05, 4.69) is 23.8 Å². The normalized spacial score (nSPS) is 14.2. The van der Waals surface area contributed by atoms with E-state index >= 15 is 0 Å². The highest BCUT2D eigenvalue weighted by Gasteiger charge is 2.12. The summed E-state index contributed by atoms with van der Waals surface area (Å²) in [5, 5.41) is 6.68. The van der Waals surface area contributed by atoms with Gasteiger partial charge in [0.25, 0.3) is 0 Å². The number of thioether (sulfide) groups is 1. The van der Waals surface area contributed by atoms with E-state index in [0.29, 0.717) is 11.8 Å². The first kappa shape index (κ1) is 15.1. The van der Waals surface area contributed by atoms with Crippen LogP contribution in [0.25, 0.3) is 0 Å². The number of furan rings is 1. The standard InChI is InChI=1S/C13H22N2O2S/c1-10(18-3)6-7-14-11(2)13(16)15-9-12-5-4-8-17-12/h4-5,8,10-11,14H,6-7,9H2,1-3H3,(H,15,16). The highest BCUT2D eigenvalue weighted by Crippen LogP contribution is 2.08. The molecule has 18 heavy (non-hydrogen) atoms. The summed E-state index contributed by atoms with van der Waals surface area (Å²) in [4.78, 5) is 11.8. The topological polar surface area (TPSA) is 54.3 Å². The molecule has 0 spiro atoms. The monoisotopic (exact) mass is 270 g/mol. The molecule has 0 aliphatic rings. The van der Waals surface area contributed by atoms with E-state index < -0.39 is 0 Å². The van der Waals surface area contributed by atoms with Gasteiger partial charge in [0.1, 0.15) is 5.76 Å². The van der Waals surface area contributed by atoms with Crippen LogP contribution in [-0.4, -0.2) is 30.0 Å². The van der Waals surface area contributed by atoms with Crippen LogP contribution < -0.4 is 10.6 Å². The van der Waals surface area contributed by atoms with Crippen LogP contribution in [0.4, 0.5) is 0 Å². The molecule has 0 aromatic carbocycles. The Labute approximate surface area is 113 Å². The summed E-state index contributed by atoms with van der Waals surface area (Å²) in [6, 6.07) is 3.49. The van der Waals surface area contributed by atoms with Crippen LogP contribution in [0.3, 0.4) is 0 Å². The van der Waals surface area contributed by atoms with Crippen molar-refractivity contribution < 1.29 is 9.21 Å². The lowest BCUT2D eigenvalue weighted by Gasteiger charge is -2.15. The SMILES string of the molecule is CSC(C)CCNC(C)C(=O)NCc1ccco1. The van der Waals surface area contributed by atoms with Gasteiger partial charge in [-0.3, -0.25) is 4.79 Å². The van der Waals surface area contributed by atoms with E-state index in [1.54, 1.807) is 6.26 Å². The van der Waals surface area contributed by atoms with Crippen LogP contribution in [0.15, 0.2) is 22.8 Å². The molecule has 2 N–H and O–H groups in total. The second-order valence-corrected chi connectivity index (χ2v) is 5.58. The van der Waals surface area contributed by atoms with E-state index in [9.17, 15) is 4.79 Å². The average molecular weight is 270 g/mol. The number of hydrogen-bond acceptors (Lipinski definition) is 4. The molecule has 5 heteroatoms. The van der Waals surface area contributed by atoms with E-state index in [1.165, 1.54) is 0 Å². The first-order chi connectivity index (χ1) is 8.63. The van der Waals surface area contributed by atoms with Crippen LogP contribution in [0.5, 0.6) is 0 Å². The van der Waals surface area contributed by atoms with Crippen molar-refractivity contribution in [2.75, 3.05) is 12.8 Å². The summed E-state index contributed by atoms with van der Waals surface area (Å²) in [5.74, 6) is 0.773. The van der Waals surface area contributed by atoms with Gasteiger partial charge in [-0.25, -0.2) is 0 Å². The number of amides is 1. The molecule has 0 fully saturated rings. The molecule has 102 valence electrons. The molecule has 1 aromatic heterocycles. The maximum atomic E-state index is 11.8. The van der Waals surface area contributed by atoms with E-state index in [-0.39, 0.29) is 11.9 Å². The molecule has 1 amide bonds. The number of nitrogens with one attached hydrogen (secondary N) is 2. The fraction of sp³-hybridized carbons (Fsp3) is 0.615. The first-order valence-electron chi connectivity index (χ1n) is 6.19. The van der Waals surface area contributed by atoms with Gasteiger partial charge in [-0.15, -0.1) is 0 Å². The van der Waals surface area contributed by atoms with Gasteiger partial charge in [-0.2, -0.15) is 11.8 Å². The van der Waals surface area contributed by atoms with E-state index in [4.69, 9.17) is 4.42 Å². The van der Waals surface area contributed by atoms with Crippen LogP contribution in [0.2, 0.25) is 0 Å². The van der Waals surface area contributed by atoms with Crippen LogP contribution in [-0.2, 0) is 11.3 Å². The molecule has 0 aliphatic carbocycles. The number of carbonyl (C=O) groups excluding carboxylic acids is 1. The molecule has 1 rings (SSSR count). The number of carbonyl (C=O) groups is 1. The molecule has 0 aliphatic heterocycles. The van der Waals surface area contributed by atoms with Crippen LogP contribution in [0, 0.1) is 0 Å². The summed E-state index contributed by atoms with van der Waals surface area (Å²) in [6.07, 6.45) is 4.77. The van der Waals surface area contributed by atoms with Crippen molar-refractivity contribution in [3.63, 3.8) is 0 Å². The minimum absolute atomic E-state index is 0.00297. The zero-order valence-corrected chi connectivity index (χ0v) is 12.0. The van der Waals surface area contributed by atoms with Crippen LogP contribution >= 0.6 is 11.8 Å². The summed E-state index contributed by atoms with van der Waals surface area (Å²) in [7, 11) is 0. The van der Waals surface area contributed by atoms with Gasteiger partial charge < -0.3 is 15.1 Å². The van der Waals surface area contributed by atoms with Gasteiger partial charge in [-0.1, -0.05) is 6.92 Å². The minimum atomic E-state index is -0.172. The molecule has 2 unspecified atom stereocenters. The Hall–Kier alpha value is -0.940. The summed E-state index contributed by atoms with van der Waals surface area (Å²) >= 11 is 1.84. The van der Waals surface area contributed by atoms with Gasteiger partial charge in [0.05, 0.1) is 18.8 Å². The lowest BCUT2D eigenvalue weighted by atomic mass is 10.2. The summed E-state index contributed by atoms with van der Waals surface area (Å²) in [6.45, 7) is 5.37. The third-order valence-electron chi connectivity index (χ3n) is 2.81. The number of hydrogen-bond donors (Lipinski definition) is 2. The largest absolute Gasteiger partial charge is 0.467 e. The van der Waals surface area contributed by atoms with Crippen LogP contribution in [0.1, 0.15) is 26.0 Å². The van der Waals surface area contributed by atoms with Crippen molar-refractivity contribution in [3.05, 3.63) is 24.2 Å². The quantitative estimate of drug-likeness (QED) is 0.759. The number of rotatable bonds is 8. The Morgan fingerprint density at radius 3 is 2.89 bits per heavy atom. The molecular weight excluding hydrogens is 248 g/mol. The second kappa shape index (κ2) is 8.21. The molecule has 4 nitrogen and oxygen atoms in total. The Bertz CT molecular complexity index is 341. The Morgan fingerprint density at radius 2 is 2.28 bits per heavy atom. The fourth-order valence-electron chi connectivity index (χ4n) is 1.45. The van der Waals surface area contributed by atoms with Gasteiger partial charge in [0, 0.05) is 5.25 Å². The zero-order valence-electron chi connectivity index (χ0n) is 11.2. The van der Waals surface area contributed by atoms with Gasteiger partial charge >= 0.3 is 0 Å². The van der Waals surface area contributed by atoms with Crippen molar-refractivity contribution in [2.24, 2.45) is 0 Å². The first-order valence-corrected chi connectivity index (χ1v) is 7.48. The average Bonchev–Trinajstić information content (AvgIpc) is 2.88.